The Morgan fingerprint density at radius 1 is 0.609 bits per heavy atom. The van der Waals surface area contributed by atoms with Gasteiger partial charge in [-0.1, -0.05) is 84.6 Å². The van der Waals surface area contributed by atoms with E-state index in [9.17, 15) is 4.79 Å². The Labute approximate surface area is 139 Å². The van der Waals surface area contributed by atoms with Crippen LogP contribution < -0.4 is 0 Å². The number of carbonyl (C=O) groups excluding carboxylic acids is 1. The second-order valence-electron chi connectivity index (χ2n) is 5.36. The molecule has 0 N–H and O–H groups in total. The summed E-state index contributed by atoms with van der Waals surface area (Å²) in [4.78, 5) is 15.1. The van der Waals surface area contributed by atoms with Gasteiger partial charge < -0.3 is 0 Å². The summed E-state index contributed by atoms with van der Waals surface area (Å²) >= 11 is 1.66. The Morgan fingerprint density at radius 2 is 1.17 bits per heavy atom. The molecule has 4 rings (SSSR count). The summed E-state index contributed by atoms with van der Waals surface area (Å²) in [6.07, 6.45) is 0. The quantitative estimate of drug-likeness (QED) is 0.631. The molecule has 0 aliphatic heterocycles. The number of Topliss-reactive ketones (excluding diaryl/α,β-unsaturated/α-hetero) is 1. The van der Waals surface area contributed by atoms with Crippen molar-refractivity contribution in [2.45, 2.75) is 4.90 Å². The van der Waals surface area contributed by atoms with Crippen molar-refractivity contribution in [3.63, 3.8) is 0 Å². The van der Waals surface area contributed by atoms with Crippen molar-refractivity contribution in [3.05, 3.63) is 102 Å². The normalized spacial score (nSPS) is 13.3. The fourth-order valence-corrected chi connectivity index (χ4v) is 3.96. The molecule has 3 aromatic carbocycles. The van der Waals surface area contributed by atoms with Crippen molar-refractivity contribution < 1.29 is 4.79 Å². The fourth-order valence-electron chi connectivity index (χ4n) is 2.83. The molecule has 0 bridgehead atoms. The Balaban J connectivity index is 1.90. The lowest BCUT2D eigenvalue weighted by molar-refractivity contribution is 0.105. The predicted molar refractivity (Wildman–Crippen MR) is 96.3 cm³/mol. The molecule has 0 saturated heterocycles. The van der Waals surface area contributed by atoms with Crippen LogP contribution >= 0.6 is 11.8 Å². The lowest BCUT2D eigenvalue weighted by atomic mass is 10.0. The van der Waals surface area contributed by atoms with E-state index in [1.54, 1.807) is 11.8 Å². The first-order valence-corrected chi connectivity index (χ1v) is 8.33. The first kappa shape index (κ1) is 14.0. The summed E-state index contributed by atoms with van der Waals surface area (Å²) in [6.45, 7) is 0. The number of ketones is 1. The number of rotatable bonds is 3. The van der Waals surface area contributed by atoms with Gasteiger partial charge in [-0.25, -0.2) is 0 Å². The van der Waals surface area contributed by atoms with E-state index >= 15 is 0 Å². The van der Waals surface area contributed by atoms with Crippen molar-refractivity contribution in [2.24, 2.45) is 0 Å². The molecular weight excluding hydrogens is 300 g/mol. The topological polar surface area (TPSA) is 17.1 Å². The van der Waals surface area contributed by atoms with Gasteiger partial charge in [0.15, 0.2) is 5.78 Å². The van der Waals surface area contributed by atoms with Gasteiger partial charge in [-0.15, -0.1) is 0 Å². The molecule has 0 spiro atoms. The average molecular weight is 314 g/mol. The van der Waals surface area contributed by atoms with Crippen LogP contribution in [0.25, 0.3) is 10.5 Å². The Morgan fingerprint density at radius 3 is 1.87 bits per heavy atom. The zero-order valence-electron chi connectivity index (χ0n) is 12.4. The monoisotopic (exact) mass is 314 g/mol. The molecule has 23 heavy (non-hydrogen) atoms. The van der Waals surface area contributed by atoms with Crippen LogP contribution in [-0.4, -0.2) is 5.78 Å². The van der Waals surface area contributed by atoms with Gasteiger partial charge in [0, 0.05) is 26.5 Å². The van der Waals surface area contributed by atoms with Crippen molar-refractivity contribution in [3.8, 4) is 0 Å². The van der Waals surface area contributed by atoms with E-state index in [1.165, 1.54) is 0 Å². The highest BCUT2D eigenvalue weighted by molar-refractivity contribution is 8.08. The van der Waals surface area contributed by atoms with Crippen LogP contribution in [0.5, 0.6) is 0 Å². The van der Waals surface area contributed by atoms with Gasteiger partial charge in [0.05, 0.1) is 0 Å². The molecule has 0 fully saturated rings. The van der Waals surface area contributed by atoms with Gasteiger partial charge in [-0.3, -0.25) is 4.79 Å². The second-order valence-corrected chi connectivity index (χ2v) is 6.44. The highest BCUT2D eigenvalue weighted by Crippen LogP contribution is 2.46. The minimum Gasteiger partial charge on any atom is -0.289 e. The molecule has 0 saturated carbocycles. The molecule has 1 aliphatic rings. The van der Waals surface area contributed by atoms with Gasteiger partial charge in [0.25, 0.3) is 0 Å². The van der Waals surface area contributed by atoms with Crippen LogP contribution in [0.2, 0.25) is 0 Å². The van der Waals surface area contributed by atoms with Gasteiger partial charge >= 0.3 is 0 Å². The Bertz CT molecular complexity index is 895. The maximum absolute atomic E-state index is 12.9. The van der Waals surface area contributed by atoms with Gasteiger partial charge in [0.2, 0.25) is 0 Å². The molecule has 0 radical (unpaired) electrons. The third kappa shape index (κ3) is 2.51. The molecule has 3 aromatic rings. The first-order chi connectivity index (χ1) is 11.3. The maximum atomic E-state index is 12.9. The van der Waals surface area contributed by atoms with Gasteiger partial charge in [0.1, 0.15) is 0 Å². The van der Waals surface area contributed by atoms with Gasteiger partial charge in [-0.2, -0.15) is 0 Å². The Hall–Kier alpha value is -2.58. The van der Waals surface area contributed by atoms with Crippen LogP contribution in [0.15, 0.2) is 89.8 Å². The van der Waals surface area contributed by atoms with Crippen LogP contribution in [0, 0.1) is 0 Å². The second kappa shape index (κ2) is 5.90. The molecule has 1 aliphatic carbocycles. The minimum absolute atomic E-state index is 0.116. The minimum atomic E-state index is 0.116. The molecule has 1 nitrogen and oxygen atoms in total. The predicted octanol–water partition coefficient (Wildman–Crippen LogP) is 5.54. The molecule has 2 heteroatoms. The smallest absolute Gasteiger partial charge is 0.195 e. The van der Waals surface area contributed by atoms with E-state index in [4.69, 9.17) is 0 Å². The van der Waals surface area contributed by atoms with Crippen molar-refractivity contribution in [2.75, 3.05) is 0 Å². The van der Waals surface area contributed by atoms with Crippen molar-refractivity contribution in [1.82, 2.24) is 0 Å². The fraction of sp³-hybridized carbons (Fsp3) is 0. The lowest BCUT2D eigenvalue weighted by Gasteiger charge is -2.07. The number of fused-ring (bicyclic) bond motifs is 1. The summed E-state index contributed by atoms with van der Waals surface area (Å²) in [5.74, 6) is 0.116. The van der Waals surface area contributed by atoms with Crippen molar-refractivity contribution in [1.29, 1.82) is 0 Å². The lowest BCUT2D eigenvalue weighted by Crippen LogP contribution is -1.97. The van der Waals surface area contributed by atoms with E-state index < -0.39 is 0 Å². The maximum Gasteiger partial charge on any atom is 0.195 e. The zero-order chi connectivity index (χ0) is 15.6. The van der Waals surface area contributed by atoms with Crippen LogP contribution in [-0.2, 0) is 0 Å². The number of carbonyl (C=O) groups is 1. The molecular formula is C21H14OS. The zero-order valence-corrected chi connectivity index (χ0v) is 13.2. The number of thioether (sulfide) groups is 1. The summed E-state index contributed by atoms with van der Waals surface area (Å²) in [7, 11) is 0. The third-order valence-corrected chi connectivity index (χ3v) is 5.03. The molecule has 0 amide bonds. The van der Waals surface area contributed by atoms with Crippen LogP contribution in [0.4, 0.5) is 0 Å². The number of hydrogen-bond acceptors (Lipinski definition) is 2. The first-order valence-electron chi connectivity index (χ1n) is 7.51. The molecule has 0 unspecified atom stereocenters. The van der Waals surface area contributed by atoms with E-state index in [1.807, 2.05) is 72.8 Å². The number of benzene rings is 3. The largest absolute Gasteiger partial charge is 0.289 e. The third-order valence-electron chi connectivity index (χ3n) is 3.90. The molecule has 0 aromatic heterocycles. The van der Waals surface area contributed by atoms with Crippen LogP contribution in [0.3, 0.4) is 0 Å². The number of hydrogen-bond donors (Lipinski definition) is 0. The Kier molecular flexibility index (Phi) is 3.60. The standard InChI is InChI=1S/C21H14OS/c22-20-17-13-7-8-14-18(17)21(23-16-11-5-2-6-12-16)19(20)15-9-3-1-4-10-15/h1-14H. The van der Waals surface area contributed by atoms with Gasteiger partial charge in [-0.05, 0) is 17.7 Å². The highest BCUT2D eigenvalue weighted by atomic mass is 32.2. The highest BCUT2D eigenvalue weighted by Gasteiger charge is 2.30. The SMILES string of the molecule is O=C1C(c2ccccc2)=C(Sc2ccccc2)c2ccccc21. The van der Waals surface area contributed by atoms with E-state index in [2.05, 4.69) is 12.1 Å². The summed E-state index contributed by atoms with van der Waals surface area (Å²) in [5, 5.41) is 0. The van der Waals surface area contributed by atoms with E-state index in [0.717, 1.165) is 32.1 Å². The number of allylic oxidation sites excluding steroid dienone is 1. The van der Waals surface area contributed by atoms with Crippen LogP contribution in [0.1, 0.15) is 21.5 Å². The van der Waals surface area contributed by atoms with E-state index in [-0.39, 0.29) is 5.78 Å². The molecule has 0 heterocycles. The molecule has 110 valence electrons. The average Bonchev–Trinajstić information content (AvgIpc) is 2.89. The van der Waals surface area contributed by atoms with Crippen molar-refractivity contribution >= 4 is 28.0 Å². The summed E-state index contributed by atoms with van der Waals surface area (Å²) in [5.41, 5.74) is 3.61. The summed E-state index contributed by atoms with van der Waals surface area (Å²) < 4.78 is 0. The molecule has 0 atom stereocenters. The van der Waals surface area contributed by atoms with E-state index in [0.29, 0.717) is 0 Å². The summed E-state index contributed by atoms with van der Waals surface area (Å²) in [6, 6.07) is 28.0.